The van der Waals surface area contributed by atoms with Gasteiger partial charge in [-0.1, -0.05) is 27.2 Å². The van der Waals surface area contributed by atoms with Gasteiger partial charge in [0.2, 0.25) is 0 Å². The minimum atomic E-state index is -0.750. The van der Waals surface area contributed by atoms with E-state index in [2.05, 4.69) is 0 Å². The molecule has 1 saturated carbocycles. The van der Waals surface area contributed by atoms with Crippen molar-refractivity contribution in [2.45, 2.75) is 40.0 Å². The lowest BCUT2D eigenvalue weighted by atomic mass is 9.65. The molecule has 0 heterocycles. The molecule has 0 N–H and O–H groups in total. The van der Waals surface area contributed by atoms with E-state index in [0.29, 0.717) is 6.42 Å². The highest BCUT2D eigenvalue weighted by atomic mass is 16.5. The van der Waals surface area contributed by atoms with E-state index < -0.39 is 11.9 Å². The summed E-state index contributed by atoms with van der Waals surface area (Å²) in [6.07, 6.45) is 1.44. The average Bonchev–Trinajstić information content (AvgIpc) is 2.27. The van der Waals surface area contributed by atoms with Gasteiger partial charge in [-0.25, -0.2) is 0 Å². The standard InChI is InChI=1S/C14H22O4/c1-5-6-9-12(8(2)3)10(15)7-11(16)13(9)14(17)18-4/h8-9,12-13H,5-7H2,1-4H3. The van der Waals surface area contributed by atoms with Gasteiger partial charge in [-0.15, -0.1) is 0 Å². The van der Waals surface area contributed by atoms with E-state index in [0.717, 1.165) is 6.42 Å². The molecule has 1 fully saturated rings. The number of Topliss-reactive ketones (excluding diaryl/α,β-unsaturated/α-hetero) is 2. The first-order valence-electron chi connectivity index (χ1n) is 6.57. The second-order valence-corrected chi connectivity index (χ2v) is 5.33. The van der Waals surface area contributed by atoms with Gasteiger partial charge in [-0.3, -0.25) is 14.4 Å². The second-order valence-electron chi connectivity index (χ2n) is 5.33. The predicted octanol–water partition coefficient (Wildman–Crippen LogP) is 2.01. The van der Waals surface area contributed by atoms with Crippen LogP contribution in [0.4, 0.5) is 0 Å². The molecule has 0 aromatic carbocycles. The van der Waals surface area contributed by atoms with Crippen LogP contribution in [0, 0.1) is 23.7 Å². The number of carbonyl (C=O) groups is 3. The molecule has 1 aliphatic carbocycles. The van der Waals surface area contributed by atoms with Crippen LogP contribution in [0.5, 0.6) is 0 Å². The Morgan fingerprint density at radius 3 is 2.39 bits per heavy atom. The first-order valence-corrected chi connectivity index (χ1v) is 6.57. The molecule has 0 radical (unpaired) electrons. The third-order valence-electron chi connectivity index (χ3n) is 3.75. The molecule has 0 aromatic rings. The van der Waals surface area contributed by atoms with Crippen molar-refractivity contribution in [2.24, 2.45) is 23.7 Å². The summed E-state index contributed by atoms with van der Waals surface area (Å²) in [6.45, 7) is 5.93. The third kappa shape index (κ3) is 2.79. The van der Waals surface area contributed by atoms with Crippen LogP contribution in [0.25, 0.3) is 0 Å². The molecule has 0 amide bonds. The van der Waals surface area contributed by atoms with Crippen molar-refractivity contribution in [3.8, 4) is 0 Å². The molecule has 1 aliphatic rings. The van der Waals surface area contributed by atoms with Crippen LogP contribution in [-0.2, 0) is 19.1 Å². The highest BCUT2D eigenvalue weighted by Crippen LogP contribution is 2.38. The zero-order chi connectivity index (χ0) is 13.9. The normalized spacial score (nSPS) is 28.6. The van der Waals surface area contributed by atoms with Crippen molar-refractivity contribution in [3.05, 3.63) is 0 Å². The largest absolute Gasteiger partial charge is 0.468 e. The molecule has 1 rings (SSSR count). The molecule has 0 aliphatic heterocycles. The van der Waals surface area contributed by atoms with Crippen molar-refractivity contribution < 1.29 is 19.1 Å². The van der Waals surface area contributed by atoms with Crippen LogP contribution in [0.3, 0.4) is 0 Å². The third-order valence-corrected chi connectivity index (χ3v) is 3.75. The van der Waals surface area contributed by atoms with Gasteiger partial charge >= 0.3 is 5.97 Å². The van der Waals surface area contributed by atoms with E-state index in [1.54, 1.807) is 0 Å². The Morgan fingerprint density at radius 1 is 1.33 bits per heavy atom. The molecule has 3 atom stereocenters. The Kier molecular flexibility index (Phi) is 5.05. The zero-order valence-electron chi connectivity index (χ0n) is 11.6. The summed E-state index contributed by atoms with van der Waals surface area (Å²) >= 11 is 0. The van der Waals surface area contributed by atoms with E-state index in [-0.39, 0.29) is 35.7 Å². The number of carbonyl (C=O) groups excluding carboxylic acids is 3. The Hall–Kier alpha value is -1.19. The molecular weight excluding hydrogens is 232 g/mol. The van der Waals surface area contributed by atoms with E-state index >= 15 is 0 Å². The molecule has 0 spiro atoms. The Balaban J connectivity index is 3.09. The summed E-state index contributed by atoms with van der Waals surface area (Å²) in [5.74, 6) is -1.79. The molecule has 3 unspecified atom stereocenters. The minimum absolute atomic E-state index is 0.0198. The summed E-state index contributed by atoms with van der Waals surface area (Å²) in [5.41, 5.74) is 0. The van der Waals surface area contributed by atoms with Crippen LogP contribution in [0.1, 0.15) is 40.0 Å². The molecule has 18 heavy (non-hydrogen) atoms. The lowest BCUT2D eigenvalue weighted by Crippen LogP contribution is -2.46. The van der Waals surface area contributed by atoms with Crippen LogP contribution >= 0.6 is 0 Å². The van der Waals surface area contributed by atoms with Crippen molar-refractivity contribution in [3.63, 3.8) is 0 Å². The van der Waals surface area contributed by atoms with Gasteiger partial charge < -0.3 is 4.74 Å². The Bertz CT molecular complexity index is 346. The molecule has 4 heteroatoms. The van der Waals surface area contributed by atoms with Crippen molar-refractivity contribution in [1.82, 2.24) is 0 Å². The fraction of sp³-hybridized carbons (Fsp3) is 0.786. The Morgan fingerprint density at radius 2 is 1.94 bits per heavy atom. The molecule has 4 nitrogen and oxygen atoms in total. The van der Waals surface area contributed by atoms with Crippen LogP contribution in [0.15, 0.2) is 0 Å². The lowest BCUT2D eigenvalue weighted by Gasteiger charge is -2.36. The molecular formula is C14H22O4. The summed E-state index contributed by atoms with van der Waals surface area (Å²) in [7, 11) is 1.29. The average molecular weight is 254 g/mol. The van der Waals surface area contributed by atoms with Gasteiger partial charge in [0, 0.05) is 5.92 Å². The number of ketones is 2. The van der Waals surface area contributed by atoms with E-state index in [4.69, 9.17) is 4.74 Å². The smallest absolute Gasteiger partial charge is 0.316 e. The van der Waals surface area contributed by atoms with Gasteiger partial charge in [0.25, 0.3) is 0 Å². The summed E-state index contributed by atoms with van der Waals surface area (Å²) < 4.78 is 4.73. The lowest BCUT2D eigenvalue weighted by molar-refractivity contribution is -0.157. The zero-order valence-corrected chi connectivity index (χ0v) is 11.6. The predicted molar refractivity (Wildman–Crippen MR) is 66.9 cm³/mol. The number of esters is 1. The van der Waals surface area contributed by atoms with E-state index in [9.17, 15) is 14.4 Å². The topological polar surface area (TPSA) is 60.4 Å². The van der Waals surface area contributed by atoms with Gasteiger partial charge in [-0.05, 0) is 18.3 Å². The highest BCUT2D eigenvalue weighted by Gasteiger charge is 2.47. The fourth-order valence-electron chi connectivity index (χ4n) is 3.06. The fourth-order valence-corrected chi connectivity index (χ4v) is 3.06. The maximum atomic E-state index is 12.0. The van der Waals surface area contributed by atoms with Crippen LogP contribution < -0.4 is 0 Å². The highest BCUT2D eigenvalue weighted by molar-refractivity contribution is 6.11. The minimum Gasteiger partial charge on any atom is -0.468 e. The second kappa shape index (κ2) is 6.12. The van der Waals surface area contributed by atoms with E-state index in [1.807, 2.05) is 20.8 Å². The maximum Gasteiger partial charge on any atom is 0.316 e. The summed E-state index contributed by atoms with van der Waals surface area (Å²) in [4.78, 5) is 35.7. The Labute approximate surface area is 108 Å². The molecule has 102 valence electrons. The van der Waals surface area contributed by atoms with Crippen molar-refractivity contribution in [2.75, 3.05) is 7.11 Å². The van der Waals surface area contributed by atoms with Gasteiger partial charge in [0.05, 0.1) is 13.5 Å². The van der Waals surface area contributed by atoms with Gasteiger partial charge in [-0.2, -0.15) is 0 Å². The van der Waals surface area contributed by atoms with Gasteiger partial charge in [0.15, 0.2) is 5.78 Å². The number of rotatable bonds is 4. The number of hydrogen-bond acceptors (Lipinski definition) is 4. The SMILES string of the molecule is CCCC1C(C(=O)OC)C(=O)CC(=O)C1C(C)C. The van der Waals surface area contributed by atoms with E-state index in [1.165, 1.54) is 7.11 Å². The molecule has 0 bridgehead atoms. The first-order chi connectivity index (χ1) is 8.43. The number of hydrogen-bond donors (Lipinski definition) is 0. The monoisotopic (exact) mass is 254 g/mol. The summed E-state index contributed by atoms with van der Waals surface area (Å²) in [5, 5.41) is 0. The summed E-state index contributed by atoms with van der Waals surface area (Å²) in [6, 6.07) is 0. The number of methoxy groups -OCH3 is 1. The van der Waals surface area contributed by atoms with Crippen LogP contribution in [0.2, 0.25) is 0 Å². The quantitative estimate of drug-likeness (QED) is 0.568. The number of ether oxygens (including phenoxy) is 1. The maximum absolute atomic E-state index is 12.0. The van der Waals surface area contributed by atoms with Gasteiger partial charge in [0.1, 0.15) is 11.7 Å². The van der Waals surface area contributed by atoms with Crippen molar-refractivity contribution in [1.29, 1.82) is 0 Å². The molecule has 0 aromatic heterocycles. The van der Waals surface area contributed by atoms with Crippen LogP contribution in [-0.4, -0.2) is 24.6 Å². The molecule has 0 saturated heterocycles. The first kappa shape index (κ1) is 14.9. The van der Waals surface area contributed by atoms with Crippen molar-refractivity contribution >= 4 is 17.5 Å².